The highest BCUT2D eigenvalue weighted by atomic mass is 35.5. The zero-order chi connectivity index (χ0) is 18.6. The molecule has 1 heterocycles. The number of carbonyl (C=O) groups is 2. The van der Waals surface area contributed by atoms with Gasteiger partial charge in [-0.3, -0.25) is 4.98 Å². The summed E-state index contributed by atoms with van der Waals surface area (Å²) >= 11 is 5.95. The van der Waals surface area contributed by atoms with Crippen LogP contribution in [-0.2, 0) is 16.0 Å². The number of fused-ring (bicyclic) bond motifs is 2. The number of nitrogen functional groups attached to an aromatic ring is 1. The molecule has 8 heteroatoms. The molecule has 1 aliphatic carbocycles. The molecule has 0 spiro atoms. The van der Waals surface area contributed by atoms with Crippen molar-refractivity contribution in [2.75, 3.05) is 5.73 Å². The van der Waals surface area contributed by atoms with E-state index in [4.69, 9.17) is 27.5 Å². The Morgan fingerprint density at radius 3 is 2.48 bits per heavy atom. The van der Waals surface area contributed by atoms with Crippen molar-refractivity contribution < 1.29 is 24.9 Å². The summed E-state index contributed by atoms with van der Waals surface area (Å²) < 4.78 is 0. The molecule has 5 N–H and O–H groups in total. The van der Waals surface area contributed by atoms with Gasteiger partial charge in [0.1, 0.15) is 0 Å². The predicted molar refractivity (Wildman–Crippen MR) is 93.5 cm³/mol. The quantitative estimate of drug-likeness (QED) is 0.601. The number of nitrogens with zero attached hydrogens (tertiary/aromatic N) is 1. The average molecular weight is 365 g/mol. The third kappa shape index (κ3) is 4.68. The van der Waals surface area contributed by atoms with Crippen LogP contribution < -0.4 is 5.73 Å². The highest BCUT2D eigenvalue weighted by molar-refractivity contribution is 6.31. The predicted octanol–water partition coefficient (Wildman–Crippen LogP) is 2.55. The van der Waals surface area contributed by atoms with E-state index in [0.29, 0.717) is 22.9 Å². The number of aliphatic hydroxyl groups excluding tert-OH is 1. The minimum Gasteiger partial charge on any atom is -0.478 e. The third-order valence-corrected chi connectivity index (χ3v) is 3.93. The van der Waals surface area contributed by atoms with Gasteiger partial charge in [-0.1, -0.05) is 11.6 Å². The third-order valence-electron chi connectivity index (χ3n) is 3.70. The molecule has 0 fully saturated rings. The van der Waals surface area contributed by atoms with E-state index in [1.807, 2.05) is 12.1 Å². The number of rotatable bonds is 2. The largest absolute Gasteiger partial charge is 0.478 e. The van der Waals surface area contributed by atoms with E-state index in [9.17, 15) is 14.7 Å². The lowest BCUT2D eigenvalue weighted by molar-refractivity contribution is -0.134. The number of aliphatic hydroxyl groups is 1. The molecule has 132 valence electrons. The molecule has 7 nitrogen and oxygen atoms in total. The van der Waals surface area contributed by atoms with Crippen molar-refractivity contribution >= 4 is 40.1 Å². The SMILES string of the molecule is Nc1c2c(nc3cc(Cl)ccc13)CCCC2O.O=C(O)C=CC(=O)O. The van der Waals surface area contributed by atoms with Gasteiger partial charge in [-0.05, 0) is 37.5 Å². The summed E-state index contributed by atoms with van der Waals surface area (Å²) in [7, 11) is 0. The highest BCUT2D eigenvalue weighted by Crippen LogP contribution is 2.37. The Morgan fingerprint density at radius 2 is 1.88 bits per heavy atom. The van der Waals surface area contributed by atoms with Crippen LogP contribution in [-0.4, -0.2) is 32.2 Å². The molecule has 25 heavy (non-hydrogen) atoms. The number of halogens is 1. The van der Waals surface area contributed by atoms with Crippen LogP contribution in [0.1, 0.15) is 30.2 Å². The summed E-state index contributed by atoms with van der Waals surface area (Å²) in [5, 5.41) is 27.2. The van der Waals surface area contributed by atoms with E-state index in [-0.39, 0.29) is 0 Å². The molecule has 1 aromatic carbocycles. The minimum atomic E-state index is -1.26. The van der Waals surface area contributed by atoms with Crippen LogP contribution in [0.3, 0.4) is 0 Å². The first kappa shape index (κ1) is 18.7. The van der Waals surface area contributed by atoms with Crippen molar-refractivity contribution in [2.24, 2.45) is 0 Å². The minimum absolute atomic E-state index is 0.480. The molecule has 0 radical (unpaired) electrons. The molecule has 1 atom stereocenters. The molecular weight excluding hydrogens is 348 g/mol. The van der Waals surface area contributed by atoms with E-state index in [0.717, 1.165) is 41.4 Å². The van der Waals surface area contributed by atoms with Crippen LogP contribution in [0.4, 0.5) is 5.69 Å². The van der Waals surface area contributed by atoms with Gasteiger partial charge < -0.3 is 21.1 Å². The second-order valence-corrected chi connectivity index (χ2v) is 5.90. The van der Waals surface area contributed by atoms with Crippen molar-refractivity contribution in [1.82, 2.24) is 4.98 Å². The first-order chi connectivity index (χ1) is 11.8. The summed E-state index contributed by atoms with van der Waals surface area (Å²) in [6.07, 6.45) is 3.22. The van der Waals surface area contributed by atoms with E-state index >= 15 is 0 Å². The topological polar surface area (TPSA) is 134 Å². The zero-order valence-corrected chi connectivity index (χ0v) is 13.9. The van der Waals surface area contributed by atoms with Gasteiger partial charge in [0.25, 0.3) is 0 Å². The van der Waals surface area contributed by atoms with Gasteiger partial charge in [-0.15, -0.1) is 0 Å². The van der Waals surface area contributed by atoms with Gasteiger partial charge in [0.2, 0.25) is 0 Å². The molecular formula is C17H17ClN2O5. The second-order valence-electron chi connectivity index (χ2n) is 5.47. The van der Waals surface area contributed by atoms with Crippen molar-refractivity contribution in [3.05, 3.63) is 46.6 Å². The van der Waals surface area contributed by atoms with Gasteiger partial charge >= 0.3 is 11.9 Å². The van der Waals surface area contributed by atoms with Crippen molar-refractivity contribution in [3.8, 4) is 0 Å². The maximum Gasteiger partial charge on any atom is 0.328 e. The lowest BCUT2D eigenvalue weighted by Crippen LogP contribution is -2.14. The summed E-state index contributed by atoms with van der Waals surface area (Å²) in [6, 6.07) is 5.47. The maximum atomic E-state index is 10.0. The first-order valence-corrected chi connectivity index (χ1v) is 7.87. The Balaban J connectivity index is 0.000000242. The number of benzene rings is 1. The van der Waals surface area contributed by atoms with Crippen LogP contribution in [0, 0.1) is 0 Å². The van der Waals surface area contributed by atoms with Crippen LogP contribution in [0.2, 0.25) is 5.02 Å². The van der Waals surface area contributed by atoms with Gasteiger partial charge in [0.05, 0.1) is 11.6 Å². The Kier molecular flexibility index (Phi) is 5.95. The molecule has 2 aromatic rings. The fourth-order valence-corrected chi connectivity index (χ4v) is 2.81. The number of pyridine rings is 1. The Labute approximate surface area is 148 Å². The molecule has 0 aliphatic heterocycles. The maximum absolute atomic E-state index is 10.0. The first-order valence-electron chi connectivity index (χ1n) is 7.49. The lowest BCUT2D eigenvalue weighted by Gasteiger charge is -2.23. The number of aromatic nitrogens is 1. The highest BCUT2D eigenvalue weighted by Gasteiger charge is 2.23. The lowest BCUT2D eigenvalue weighted by atomic mass is 9.90. The van der Waals surface area contributed by atoms with Crippen molar-refractivity contribution in [1.29, 1.82) is 0 Å². The number of hydrogen-bond donors (Lipinski definition) is 4. The average Bonchev–Trinajstić information content (AvgIpc) is 2.53. The van der Waals surface area contributed by atoms with E-state index in [2.05, 4.69) is 4.98 Å². The van der Waals surface area contributed by atoms with E-state index < -0.39 is 18.0 Å². The summed E-state index contributed by atoms with van der Waals surface area (Å²) in [4.78, 5) is 23.7. The van der Waals surface area contributed by atoms with Crippen LogP contribution in [0.15, 0.2) is 30.4 Å². The smallest absolute Gasteiger partial charge is 0.328 e. The number of aliphatic carboxylic acids is 2. The summed E-state index contributed by atoms with van der Waals surface area (Å²) in [5.74, 6) is -2.51. The van der Waals surface area contributed by atoms with Crippen LogP contribution >= 0.6 is 11.6 Å². The molecule has 0 saturated heterocycles. The number of hydrogen-bond acceptors (Lipinski definition) is 5. The van der Waals surface area contributed by atoms with E-state index in [1.54, 1.807) is 6.07 Å². The second kappa shape index (κ2) is 7.96. The van der Waals surface area contributed by atoms with Gasteiger partial charge in [0.15, 0.2) is 0 Å². The standard InChI is InChI=1S/C13H13ClN2O.C4H4O4/c14-7-4-5-8-10(6-7)16-9-2-1-3-11(17)12(9)13(8)15;5-3(6)1-2-4(7)8/h4-6,11,17H,1-3H2,(H2,15,16);1-2H,(H,5,6)(H,7,8). The van der Waals surface area contributed by atoms with Crippen LogP contribution in [0.5, 0.6) is 0 Å². The van der Waals surface area contributed by atoms with Crippen molar-refractivity contribution in [2.45, 2.75) is 25.4 Å². The Hall–Kier alpha value is -2.64. The normalized spacial score (nSPS) is 16.2. The van der Waals surface area contributed by atoms with Gasteiger partial charge in [0, 0.05) is 39.5 Å². The fourth-order valence-electron chi connectivity index (χ4n) is 2.64. The van der Waals surface area contributed by atoms with Gasteiger partial charge in [-0.25, -0.2) is 9.59 Å². The molecule has 1 aromatic heterocycles. The molecule has 1 aliphatic rings. The number of nitrogens with two attached hydrogens (primary N) is 1. The van der Waals surface area contributed by atoms with E-state index in [1.165, 1.54) is 0 Å². The molecule has 1 unspecified atom stereocenters. The van der Waals surface area contributed by atoms with Crippen molar-refractivity contribution in [3.63, 3.8) is 0 Å². The summed E-state index contributed by atoms with van der Waals surface area (Å²) in [6.45, 7) is 0. The number of aryl methyl sites for hydroxylation is 1. The Morgan fingerprint density at radius 1 is 1.24 bits per heavy atom. The molecule has 0 saturated carbocycles. The number of carboxylic acid groups (broad SMARTS) is 2. The molecule has 0 bridgehead atoms. The van der Waals surface area contributed by atoms with Crippen LogP contribution in [0.25, 0.3) is 10.9 Å². The number of carboxylic acids is 2. The number of anilines is 1. The van der Waals surface area contributed by atoms with Gasteiger partial charge in [-0.2, -0.15) is 0 Å². The fraction of sp³-hybridized carbons (Fsp3) is 0.235. The monoisotopic (exact) mass is 364 g/mol. The molecule has 0 amide bonds. The Bertz CT molecular complexity index is 835. The summed E-state index contributed by atoms with van der Waals surface area (Å²) in [5.41, 5.74) is 9.32. The molecule has 3 rings (SSSR count). The zero-order valence-electron chi connectivity index (χ0n) is 13.1.